The van der Waals surface area contributed by atoms with E-state index in [1.807, 2.05) is 31.2 Å². The molecule has 1 aromatic rings. The van der Waals surface area contributed by atoms with Crippen LogP contribution in [-0.4, -0.2) is 18.5 Å². The molecule has 1 rings (SSSR count). The standard InChI is InChI=1S/C17H25NO3/c1-5-21-16(19)11-14-6-8-15(9-7-14)18-17(20)13(4)10-12(2)3/h6-9,12-13H,5,10-11H2,1-4H3,(H,18,20). The SMILES string of the molecule is CCOC(=O)Cc1ccc(NC(=O)C(C)CC(C)C)cc1. The van der Waals surface area contributed by atoms with Crippen molar-refractivity contribution in [3.63, 3.8) is 0 Å². The maximum Gasteiger partial charge on any atom is 0.310 e. The van der Waals surface area contributed by atoms with Gasteiger partial charge in [0, 0.05) is 11.6 Å². The van der Waals surface area contributed by atoms with Crippen molar-refractivity contribution in [2.24, 2.45) is 11.8 Å². The molecule has 1 amide bonds. The Bertz CT molecular complexity index is 465. The van der Waals surface area contributed by atoms with Gasteiger partial charge in [-0.3, -0.25) is 9.59 Å². The fourth-order valence-electron chi connectivity index (χ4n) is 2.16. The molecule has 4 heteroatoms. The zero-order valence-electron chi connectivity index (χ0n) is 13.3. The molecule has 0 aliphatic carbocycles. The first-order valence-corrected chi connectivity index (χ1v) is 7.47. The van der Waals surface area contributed by atoms with Gasteiger partial charge in [-0.2, -0.15) is 0 Å². The van der Waals surface area contributed by atoms with E-state index >= 15 is 0 Å². The van der Waals surface area contributed by atoms with Crippen LogP contribution in [0.15, 0.2) is 24.3 Å². The zero-order chi connectivity index (χ0) is 15.8. The average Bonchev–Trinajstić information content (AvgIpc) is 2.40. The van der Waals surface area contributed by atoms with Crippen molar-refractivity contribution in [3.8, 4) is 0 Å². The van der Waals surface area contributed by atoms with Crippen LogP contribution in [0.25, 0.3) is 0 Å². The molecule has 116 valence electrons. The Kier molecular flexibility index (Phi) is 6.92. The van der Waals surface area contributed by atoms with Crippen molar-refractivity contribution >= 4 is 17.6 Å². The molecule has 0 saturated carbocycles. The van der Waals surface area contributed by atoms with Crippen molar-refractivity contribution < 1.29 is 14.3 Å². The lowest BCUT2D eigenvalue weighted by molar-refractivity contribution is -0.142. The Morgan fingerprint density at radius 2 is 1.76 bits per heavy atom. The van der Waals surface area contributed by atoms with Crippen molar-refractivity contribution in [2.75, 3.05) is 11.9 Å². The van der Waals surface area contributed by atoms with E-state index in [9.17, 15) is 9.59 Å². The number of amides is 1. The van der Waals surface area contributed by atoms with E-state index in [2.05, 4.69) is 19.2 Å². The molecule has 1 atom stereocenters. The molecule has 0 fully saturated rings. The molecule has 21 heavy (non-hydrogen) atoms. The molecule has 0 radical (unpaired) electrons. The van der Waals surface area contributed by atoms with Crippen LogP contribution in [0, 0.1) is 11.8 Å². The normalized spacial score (nSPS) is 12.0. The number of carbonyl (C=O) groups is 2. The molecule has 1 N–H and O–H groups in total. The average molecular weight is 291 g/mol. The Labute approximate surface area is 126 Å². The lowest BCUT2D eigenvalue weighted by Crippen LogP contribution is -2.21. The highest BCUT2D eigenvalue weighted by Crippen LogP contribution is 2.15. The monoisotopic (exact) mass is 291 g/mol. The summed E-state index contributed by atoms with van der Waals surface area (Å²) in [6, 6.07) is 7.29. The third kappa shape index (κ3) is 6.43. The summed E-state index contributed by atoms with van der Waals surface area (Å²) < 4.78 is 4.90. The summed E-state index contributed by atoms with van der Waals surface area (Å²) in [5, 5.41) is 2.90. The molecule has 0 spiro atoms. The van der Waals surface area contributed by atoms with Gasteiger partial charge in [0.05, 0.1) is 13.0 Å². The van der Waals surface area contributed by atoms with Gasteiger partial charge >= 0.3 is 5.97 Å². The maximum absolute atomic E-state index is 12.0. The first kappa shape index (κ1) is 17.2. The summed E-state index contributed by atoms with van der Waals surface area (Å²) in [4.78, 5) is 23.4. The van der Waals surface area contributed by atoms with Gasteiger partial charge in [0.25, 0.3) is 0 Å². The second-order valence-electron chi connectivity index (χ2n) is 5.70. The second-order valence-corrected chi connectivity index (χ2v) is 5.70. The molecule has 4 nitrogen and oxygen atoms in total. The number of anilines is 1. The van der Waals surface area contributed by atoms with E-state index in [-0.39, 0.29) is 24.2 Å². The fourth-order valence-corrected chi connectivity index (χ4v) is 2.16. The van der Waals surface area contributed by atoms with Gasteiger partial charge in [-0.05, 0) is 37.0 Å². The molecule has 0 aliphatic rings. The van der Waals surface area contributed by atoms with Crippen molar-refractivity contribution in [1.82, 2.24) is 0 Å². The van der Waals surface area contributed by atoms with Gasteiger partial charge in [-0.25, -0.2) is 0 Å². The molecule has 1 unspecified atom stereocenters. The Balaban J connectivity index is 2.54. The molecule has 1 aromatic carbocycles. The first-order chi connectivity index (χ1) is 9.92. The van der Waals surface area contributed by atoms with E-state index in [1.165, 1.54) is 0 Å². The third-order valence-electron chi connectivity index (χ3n) is 3.15. The highest BCUT2D eigenvalue weighted by Gasteiger charge is 2.14. The maximum atomic E-state index is 12.0. The number of carbonyl (C=O) groups excluding carboxylic acids is 2. The van der Waals surface area contributed by atoms with E-state index in [4.69, 9.17) is 4.74 Å². The van der Waals surface area contributed by atoms with E-state index < -0.39 is 0 Å². The Hall–Kier alpha value is -1.84. The molecular weight excluding hydrogens is 266 g/mol. The fraction of sp³-hybridized carbons (Fsp3) is 0.529. The predicted octanol–water partition coefficient (Wildman–Crippen LogP) is 3.41. The summed E-state index contributed by atoms with van der Waals surface area (Å²) in [6.07, 6.45) is 1.12. The summed E-state index contributed by atoms with van der Waals surface area (Å²) in [5.74, 6) is 0.281. The van der Waals surface area contributed by atoms with E-state index in [0.717, 1.165) is 17.7 Å². The molecule has 0 aromatic heterocycles. The van der Waals surface area contributed by atoms with Crippen LogP contribution in [0.4, 0.5) is 5.69 Å². The highest BCUT2D eigenvalue weighted by atomic mass is 16.5. The molecule has 0 heterocycles. The van der Waals surface area contributed by atoms with Crippen molar-refractivity contribution in [1.29, 1.82) is 0 Å². The lowest BCUT2D eigenvalue weighted by atomic mass is 9.98. The third-order valence-corrected chi connectivity index (χ3v) is 3.15. The molecule has 0 saturated heterocycles. The van der Waals surface area contributed by atoms with Gasteiger partial charge in [-0.15, -0.1) is 0 Å². The summed E-state index contributed by atoms with van der Waals surface area (Å²) in [6.45, 7) is 8.32. The number of hydrogen-bond acceptors (Lipinski definition) is 3. The van der Waals surface area contributed by atoms with Crippen LogP contribution in [0.2, 0.25) is 0 Å². The Morgan fingerprint density at radius 3 is 2.29 bits per heavy atom. The number of nitrogens with one attached hydrogen (secondary N) is 1. The van der Waals surface area contributed by atoms with Crippen LogP contribution < -0.4 is 5.32 Å². The number of rotatable bonds is 7. The minimum Gasteiger partial charge on any atom is -0.466 e. The van der Waals surface area contributed by atoms with Crippen molar-refractivity contribution in [3.05, 3.63) is 29.8 Å². The van der Waals surface area contributed by atoms with Crippen LogP contribution in [0.5, 0.6) is 0 Å². The van der Waals surface area contributed by atoms with Gasteiger partial charge < -0.3 is 10.1 Å². The van der Waals surface area contributed by atoms with Crippen molar-refractivity contribution in [2.45, 2.75) is 40.5 Å². The number of ether oxygens (including phenoxy) is 1. The van der Waals surface area contributed by atoms with E-state index in [0.29, 0.717) is 12.5 Å². The molecule has 0 aliphatic heterocycles. The summed E-state index contributed by atoms with van der Waals surface area (Å²) in [7, 11) is 0. The van der Waals surface area contributed by atoms with Gasteiger partial charge in [-0.1, -0.05) is 32.9 Å². The smallest absolute Gasteiger partial charge is 0.310 e. The first-order valence-electron chi connectivity index (χ1n) is 7.47. The lowest BCUT2D eigenvalue weighted by Gasteiger charge is -2.14. The van der Waals surface area contributed by atoms with Gasteiger partial charge in [0.1, 0.15) is 0 Å². The Morgan fingerprint density at radius 1 is 1.14 bits per heavy atom. The quantitative estimate of drug-likeness (QED) is 0.783. The van der Waals surface area contributed by atoms with Crippen LogP contribution >= 0.6 is 0 Å². The summed E-state index contributed by atoms with van der Waals surface area (Å²) >= 11 is 0. The summed E-state index contributed by atoms with van der Waals surface area (Å²) in [5.41, 5.74) is 1.63. The number of benzene rings is 1. The molecule has 0 bridgehead atoms. The minimum atomic E-state index is -0.236. The second kappa shape index (κ2) is 8.45. The van der Waals surface area contributed by atoms with E-state index in [1.54, 1.807) is 6.92 Å². The van der Waals surface area contributed by atoms with Crippen LogP contribution in [-0.2, 0) is 20.7 Å². The van der Waals surface area contributed by atoms with Crippen LogP contribution in [0.1, 0.15) is 39.7 Å². The number of hydrogen-bond donors (Lipinski definition) is 1. The van der Waals surface area contributed by atoms with Gasteiger partial charge in [0.15, 0.2) is 0 Å². The highest BCUT2D eigenvalue weighted by molar-refractivity contribution is 5.92. The zero-order valence-corrected chi connectivity index (χ0v) is 13.3. The molecular formula is C17H25NO3. The largest absolute Gasteiger partial charge is 0.466 e. The topological polar surface area (TPSA) is 55.4 Å². The van der Waals surface area contributed by atoms with Gasteiger partial charge in [0.2, 0.25) is 5.91 Å². The number of esters is 1. The van der Waals surface area contributed by atoms with Crippen LogP contribution in [0.3, 0.4) is 0 Å². The minimum absolute atomic E-state index is 0.00999. The predicted molar refractivity (Wildman–Crippen MR) is 84.0 cm³/mol.